The van der Waals surface area contributed by atoms with E-state index < -0.39 is 0 Å². The van der Waals surface area contributed by atoms with Gasteiger partial charge < -0.3 is 10.2 Å². The van der Waals surface area contributed by atoms with Crippen molar-refractivity contribution >= 4 is 17.6 Å². The zero-order valence-electron chi connectivity index (χ0n) is 8.39. The van der Waals surface area contributed by atoms with Gasteiger partial charge in [0.15, 0.2) is 0 Å². The van der Waals surface area contributed by atoms with Crippen molar-refractivity contribution in [2.75, 3.05) is 5.73 Å². The molecule has 0 unspecified atom stereocenters. The number of aryl methyl sites for hydroxylation is 2. The molecule has 0 aromatic carbocycles. The van der Waals surface area contributed by atoms with E-state index in [-0.39, 0.29) is 0 Å². The molecule has 2 aromatic heterocycles. The summed E-state index contributed by atoms with van der Waals surface area (Å²) >= 11 is 1.32. The van der Waals surface area contributed by atoms with Gasteiger partial charge >= 0.3 is 0 Å². The highest BCUT2D eigenvalue weighted by molar-refractivity contribution is 7.99. The average Bonchev–Trinajstić information content (AvgIpc) is 2.50. The maximum Gasteiger partial charge on any atom is 0.262 e. The van der Waals surface area contributed by atoms with Gasteiger partial charge in [0, 0.05) is 0 Å². The highest BCUT2D eigenvalue weighted by atomic mass is 32.2. The summed E-state index contributed by atoms with van der Waals surface area (Å²) in [6.07, 6.45) is 0. The van der Waals surface area contributed by atoms with Gasteiger partial charge in [0.2, 0.25) is 0 Å². The van der Waals surface area contributed by atoms with Crippen LogP contribution in [0.2, 0.25) is 0 Å². The molecule has 0 fully saturated rings. The van der Waals surface area contributed by atoms with Crippen LogP contribution in [0.3, 0.4) is 0 Å². The van der Waals surface area contributed by atoms with Gasteiger partial charge in [0.1, 0.15) is 16.6 Å². The minimum Gasteiger partial charge on any atom is -0.436 e. The van der Waals surface area contributed by atoms with Crippen LogP contribution in [-0.4, -0.2) is 15.2 Å². The number of rotatable bonds is 2. The first kappa shape index (κ1) is 9.97. The van der Waals surface area contributed by atoms with Crippen molar-refractivity contribution in [2.45, 2.75) is 24.1 Å². The maximum absolute atomic E-state index is 5.43. The van der Waals surface area contributed by atoms with Crippen LogP contribution in [0.1, 0.15) is 11.5 Å². The van der Waals surface area contributed by atoms with Gasteiger partial charge in [0.05, 0.1) is 5.69 Å². The number of hydrogen-bond acceptors (Lipinski definition) is 6. The molecule has 78 valence electrons. The molecular formula is C9H10N4OS. The van der Waals surface area contributed by atoms with Crippen molar-refractivity contribution in [3.05, 3.63) is 23.6 Å². The van der Waals surface area contributed by atoms with E-state index >= 15 is 0 Å². The standard InChI is InChI=1S/C9H10N4OS/c1-5-6(2)14-9(11-5)15-8-4-3-7(10)12-13-8/h3-4H,1-2H3,(H2,10,12). The second kappa shape index (κ2) is 3.90. The third kappa shape index (κ3) is 2.27. The van der Waals surface area contributed by atoms with Crippen LogP contribution in [0.5, 0.6) is 0 Å². The Labute approximate surface area is 91.1 Å². The summed E-state index contributed by atoms with van der Waals surface area (Å²) in [5, 5.41) is 8.93. The molecule has 0 radical (unpaired) electrons. The molecule has 2 aromatic rings. The van der Waals surface area contributed by atoms with E-state index in [4.69, 9.17) is 10.2 Å². The number of anilines is 1. The SMILES string of the molecule is Cc1nc(Sc2ccc(N)nn2)oc1C. The summed E-state index contributed by atoms with van der Waals surface area (Å²) in [5.41, 5.74) is 6.32. The number of oxazole rings is 1. The molecular weight excluding hydrogens is 212 g/mol. The average molecular weight is 222 g/mol. The predicted octanol–water partition coefficient (Wildman–Crippen LogP) is 1.81. The van der Waals surface area contributed by atoms with Gasteiger partial charge in [-0.15, -0.1) is 10.2 Å². The fourth-order valence-corrected chi connectivity index (χ4v) is 1.71. The molecule has 0 bridgehead atoms. The minimum atomic E-state index is 0.402. The van der Waals surface area contributed by atoms with Crippen molar-refractivity contribution in [3.8, 4) is 0 Å². The molecule has 6 heteroatoms. The van der Waals surface area contributed by atoms with Crippen LogP contribution in [-0.2, 0) is 0 Å². The Morgan fingerprint density at radius 1 is 1.27 bits per heavy atom. The van der Waals surface area contributed by atoms with Crippen molar-refractivity contribution in [1.29, 1.82) is 0 Å². The second-order valence-corrected chi connectivity index (χ2v) is 3.99. The number of hydrogen-bond donors (Lipinski definition) is 1. The van der Waals surface area contributed by atoms with E-state index in [9.17, 15) is 0 Å². The zero-order chi connectivity index (χ0) is 10.8. The monoisotopic (exact) mass is 222 g/mol. The Bertz CT molecular complexity index is 446. The Hall–Kier alpha value is -1.56. The van der Waals surface area contributed by atoms with E-state index in [1.54, 1.807) is 12.1 Å². The van der Waals surface area contributed by atoms with E-state index in [1.807, 2.05) is 13.8 Å². The first-order valence-corrected chi connectivity index (χ1v) is 5.18. The minimum absolute atomic E-state index is 0.402. The molecule has 0 spiro atoms. The third-order valence-corrected chi connectivity index (χ3v) is 2.64. The van der Waals surface area contributed by atoms with E-state index in [0.717, 1.165) is 11.5 Å². The zero-order valence-corrected chi connectivity index (χ0v) is 9.21. The smallest absolute Gasteiger partial charge is 0.262 e. The topological polar surface area (TPSA) is 77.8 Å². The molecule has 0 atom stereocenters. The predicted molar refractivity (Wildman–Crippen MR) is 56.5 cm³/mol. The molecule has 2 rings (SSSR count). The first-order valence-electron chi connectivity index (χ1n) is 4.36. The van der Waals surface area contributed by atoms with Crippen LogP contribution in [0, 0.1) is 13.8 Å². The normalized spacial score (nSPS) is 10.5. The lowest BCUT2D eigenvalue weighted by Gasteiger charge is -1.94. The molecule has 15 heavy (non-hydrogen) atoms. The summed E-state index contributed by atoms with van der Waals surface area (Å²) < 4.78 is 5.40. The highest BCUT2D eigenvalue weighted by Crippen LogP contribution is 2.26. The van der Waals surface area contributed by atoms with Crippen LogP contribution in [0.4, 0.5) is 5.82 Å². The molecule has 2 N–H and O–H groups in total. The summed E-state index contributed by atoms with van der Waals surface area (Å²) in [7, 11) is 0. The maximum atomic E-state index is 5.43. The summed E-state index contributed by atoms with van der Waals surface area (Å²) in [5.74, 6) is 1.22. The largest absolute Gasteiger partial charge is 0.436 e. The highest BCUT2D eigenvalue weighted by Gasteiger charge is 2.08. The molecule has 0 aliphatic heterocycles. The fourth-order valence-electron chi connectivity index (χ4n) is 0.961. The van der Waals surface area contributed by atoms with Crippen LogP contribution >= 0.6 is 11.8 Å². The van der Waals surface area contributed by atoms with Crippen molar-refractivity contribution < 1.29 is 4.42 Å². The van der Waals surface area contributed by atoms with Gasteiger partial charge in [-0.1, -0.05) is 0 Å². The summed E-state index contributed by atoms with van der Waals surface area (Å²) in [6, 6.07) is 3.47. The van der Waals surface area contributed by atoms with Crippen molar-refractivity contribution in [2.24, 2.45) is 0 Å². The van der Waals surface area contributed by atoms with Gasteiger partial charge in [-0.25, -0.2) is 4.98 Å². The fraction of sp³-hybridized carbons (Fsp3) is 0.222. The number of nitrogens with two attached hydrogens (primary N) is 1. The molecule has 5 nitrogen and oxygen atoms in total. The Morgan fingerprint density at radius 2 is 2.07 bits per heavy atom. The van der Waals surface area contributed by atoms with Gasteiger partial charge in [-0.05, 0) is 37.7 Å². The number of nitrogens with zero attached hydrogens (tertiary/aromatic N) is 3. The van der Waals surface area contributed by atoms with Crippen molar-refractivity contribution in [3.63, 3.8) is 0 Å². The molecule has 0 aliphatic rings. The van der Waals surface area contributed by atoms with Crippen LogP contribution < -0.4 is 5.73 Å². The molecule has 0 amide bonds. The molecule has 0 saturated heterocycles. The molecule has 2 heterocycles. The summed E-state index contributed by atoms with van der Waals surface area (Å²) in [4.78, 5) is 4.23. The van der Waals surface area contributed by atoms with Gasteiger partial charge in [-0.3, -0.25) is 0 Å². The molecule has 0 aliphatic carbocycles. The van der Waals surface area contributed by atoms with Gasteiger partial charge in [0.25, 0.3) is 5.22 Å². The Balaban J connectivity index is 2.18. The molecule has 0 saturated carbocycles. The second-order valence-electron chi connectivity index (χ2n) is 3.02. The third-order valence-electron chi connectivity index (χ3n) is 1.86. The lowest BCUT2D eigenvalue weighted by molar-refractivity contribution is 0.431. The lowest BCUT2D eigenvalue weighted by atomic mass is 10.4. The lowest BCUT2D eigenvalue weighted by Crippen LogP contribution is -1.92. The Morgan fingerprint density at radius 3 is 2.60 bits per heavy atom. The number of aromatic nitrogens is 3. The van der Waals surface area contributed by atoms with Crippen LogP contribution in [0.15, 0.2) is 26.8 Å². The van der Waals surface area contributed by atoms with E-state index in [1.165, 1.54) is 11.8 Å². The van der Waals surface area contributed by atoms with E-state index in [2.05, 4.69) is 15.2 Å². The van der Waals surface area contributed by atoms with Crippen LogP contribution in [0.25, 0.3) is 0 Å². The summed E-state index contributed by atoms with van der Waals surface area (Å²) in [6.45, 7) is 3.78. The Kier molecular flexibility index (Phi) is 2.59. The number of nitrogen functional groups attached to an aromatic ring is 1. The van der Waals surface area contributed by atoms with Gasteiger partial charge in [-0.2, -0.15) is 0 Å². The van der Waals surface area contributed by atoms with Crippen molar-refractivity contribution in [1.82, 2.24) is 15.2 Å². The first-order chi connectivity index (χ1) is 7.15. The quantitative estimate of drug-likeness (QED) is 0.835. The van der Waals surface area contributed by atoms with E-state index in [0.29, 0.717) is 16.1 Å².